The first-order valence-electron chi connectivity index (χ1n) is 8.66. The van der Waals surface area contributed by atoms with E-state index in [1.807, 2.05) is 0 Å². The number of esters is 1. The predicted molar refractivity (Wildman–Crippen MR) is 104 cm³/mol. The van der Waals surface area contributed by atoms with Gasteiger partial charge in [0.25, 0.3) is 0 Å². The van der Waals surface area contributed by atoms with E-state index in [2.05, 4.69) is 4.72 Å². The molecule has 0 heterocycles. The molecule has 0 spiro atoms. The van der Waals surface area contributed by atoms with Gasteiger partial charge in [-0.05, 0) is 30.2 Å². The SMILES string of the molecule is COc1ccc(S(=O)(=O)N[C@H](C(=O)OCC(=O)c2ccccc2)C(C)C)cc1. The summed E-state index contributed by atoms with van der Waals surface area (Å²) in [5, 5.41) is 0. The fourth-order valence-corrected chi connectivity index (χ4v) is 3.71. The lowest BCUT2D eigenvalue weighted by Gasteiger charge is -2.20. The Morgan fingerprint density at radius 2 is 1.61 bits per heavy atom. The smallest absolute Gasteiger partial charge is 0.324 e. The van der Waals surface area contributed by atoms with E-state index in [1.54, 1.807) is 44.2 Å². The molecule has 0 fully saturated rings. The molecule has 1 atom stereocenters. The van der Waals surface area contributed by atoms with Crippen molar-refractivity contribution in [3.05, 3.63) is 60.2 Å². The Bertz CT molecular complexity index is 907. The van der Waals surface area contributed by atoms with Gasteiger partial charge in [-0.15, -0.1) is 0 Å². The molecule has 150 valence electrons. The number of ether oxygens (including phenoxy) is 2. The van der Waals surface area contributed by atoms with Crippen LogP contribution in [0.3, 0.4) is 0 Å². The summed E-state index contributed by atoms with van der Waals surface area (Å²) in [7, 11) is -2.48. The Balaban J connectivity index is 2.06. The molecular formula is C20H23NO6S. The molecule has 0 saturated carbocycles. The molecule has 2 aromatic rings. The quantitative estimate of drug-likeness (QED) is 0.508. The Morgan fingerprint density at radius 3 is 2.14 bits per heavy atom. The Hall–Kier alpha value is -2.71. The van der Waals surface area contributed by atoms with Gasteiger partial charge >= 0.3 is 5.97 Å². The molecule has 0 aromatic heterocycles. The molecule has 2 aromatic carbocycles. The first-order valence-corrected chi connectivity index (χ1v) is 10.1. The van der Waals surface area contributed by atoms with Gasteiger partial charge in [-0.2, -0.15) is 4.72 Å². The van der Waals surface area contributed by atoms with Crippen LogP contribution in [0.25, 0.3) is 0 Å². The third-order valence-corrected chi connectivity index (χ3v) is 5.47. The zero-order valence-electron chi connectivity index (χ0n) is 15.9. The standard InChI is InChI=1S/C20H23NO6S/c1-14(2)19(20(23)27-13-18(22)15-7-5-4-6-8-15)21-28(24,25)17-11-9-16(26-3)10-12-17/h4-12,14,19,21H,13H2,1-3H3/t19-/m0/s1. The average molecular weight is 405 g/mol. The van der Waals surface area contributed by atoms with Crippen molar-refractivity contribution in [1.29, 1.82) is 0 Å². The van der Waals surface area contributed by atoms with Crippen LogP contribution in [0.15, 0.2) is 59.5 Å². The topological polar surface area (TPSA) is 98.8 Å². The van der Waals surface area contributed by atoms with Crippen molar-refractivity contribution in [3.8, 4) is 5.75 Å². The number of hydrogen-bond acceptors (Lipinski definition) is 6. The summed E-state index contributed by atoms with van der Waals surface area (Å²) in [6.45, 7) is 2.90. The minimum absolute atomic E-state index is 0.00730. The number of nitrogens with one attached hydrogen (secondary N) is 1. The van der Waals surface area contributed by atoms with Gasteiger partial charge in [0.2, 0.25) is 10.0 Å². The summed E-state index contributed by atoms with van der Waals surface area (Å²) in [6.07, 6.45) is 0. The summed E-state index contributed by atoms with van der Waals surface area (Å²) >= 11 is 0. The number of carbonyl (C=O) groups is 2. The van der Waals surface area contributed by atoms with Gasteiger partial charge in [0.15, 0.2) is 12.4 Å². The van der Waals surface area contributed by atoms with Gasteiger partial charge in [-0.25, -0.2) is 8.42 Å². The van der Waals surface area contributed by atoms with Crippen molar-refractivity contribution >= 4 is 21.8 Å². The predicted octanol–water partition coefficient (Wildman–Crippen LogP) is 2.42. The molecule has 1 N–H and O–H groups in total. The van der Waals surface area contributed by atoms with Gasteiger partial charge in [0.1, 0.15) is 11.8 Å². The van der Waals surface area contributed by atoms with Crippen LogP contribution < -0.4 is 9.46 Å². The lowest BCUT2D eigenvalue weighted by Crippen LogP contribution is -2.45. The first kappa shape index (κ1) is 21.6. The molecule has 8 heteroatoms. The number of hydrogen-bond donors (Lipinski definition) is 1. The molecular weight excluding hydrogens is 382 g/mol. The Labute approximate surface area is 164 Å². The fourth-order valence-electron chi connectivity index (χ4n) is 2.38. The van der Waals surface area contributed by atoms with Gasteiger partial charge in [-0.3, -0.25) is 9.59 Å². The molecule has 7 nitrogen and oxygen atoms in total. The van der Waals surface area contributed by atoms with Crippen LogP contribution in [0.2, 0.25) is 0 Å². The van der Waals surface area contributed by atoms with Crippen LogP contribution in [-0.2, 0) is 19.6 Å². The highest BCUT2D eigenvalue weighted by Gasteiger charge is 2.30. The number of carbonyl (C=O) groups excluding carboxylic acids is 2. The second kappa shape index (κ2) is 9.48. The molecule has 0 amide bonds. The number of benzene rings is 2. The van der Waals surface area contributed by atoms with Crippen molar-refractivity contribution < 1.29 is 27.5 Å². The monoisotopic (exact) mass is 405 g/mol. The third kappa shape index (κ3) is 5.64. The van der Waals surface area contributed by atoms with Crippen molar-refractivity contribution in [2.45, 2.75) is 24.8 Å². The molecule has 0 aliphatic rings. The van der Waals surface area contributed by atoms with Gasteiger partial charge in [-0.1, -0.05) is 44.2 Å². The zero-order valence-corrected chi connectivity index (χ0v) is 16.7. The minimum atomic E-state index is -3.96. The van der Waals surface area contributed by atoms with Crippen LogP contribution in [0.1, 0.15) is 24.2 Å². The zero-order chi connectivity index (χ0) is 20.7. The molecule has 0 saturated heterocycles. The molecule has 0 unspecified atom stereocenters. The van der Waals surface area contributed by atoms with E-state index in [9.17, 15) is 18.0 Å². The Morgan fingerprint density at radius 1 is 1.00 bits per heavy atom. The van der Waals surface area contributed by atoms with Crippen LogP contribution in [0, 0.1) is 5.92 Å². The van der Waals surface area contributed by atoms with Gasteiger partial charge in [0.05, 0.1) is 12.0 Å². The van der Waals surface area contributed by atoms with E-state index in [0.717, 1.165) is 0 Å². The minimum Gasteiger partial charge on any atom is -0.497 e. The summed E-state index contributed by atoms with van der Waals surface area (Å²) in [5.74, 6) is -1.05. The largest absolute Gasteiger partial charge is 0.497 e. The highest BCUT2D eigenvalue weighted by Crippen LogP contribution is 2.17. The molecule has 0 radical (unpaired) electrons. The lowest BCUT2D eigenvalue weighted by molar-refractivity contribution is -0.145. The van der Waals surface area contributed by atoms with Crippen molar-refractivity contribution in [3.63, 3.8) is 0 Å². The molecule has 28 heavy (non-hydrogen) atoms. The number of Topliss-reactive ketones (excluding diaryl/α,β-unsaturated/α-hetero) is 1. The van der Waals surface area contributed by atoms with Crippen molar-refractivity contribution in [2.75, 3.05) is 13.7 Å². The maximum absolute atomic E-state index is 12.6. The third-order valence-electron chi connectivity index (χ3n) is 4.01. The summed E-state index contributed by atoms with van der Waals surface area (Å²) in [5.41, 5.74) is 0.412. The molecule has 2 rings (SSSR count). The number of sulfonamides is 1. The first-order chi connectivity index (χ1) is 13.2. The summed E-state index contributed by atoms with van der Waals surface area (Å²) in [4.78, 5) is 24.5. The summed E-state index contributed by atoms with van der Waals surface area (Å²) < 4.78 is 37.6. The molecule has 0 aliphatic heterocycles. The highest BCUT2D eigenvalue weighted by molar-refractivity contribution is 7.89. The van der Waals surface area contributed by atoms with Crippen molar-refractivity contribution in [1.82, 2.24) is 4.72 Å². The summed E-state index contributed by atoms with van der Waals surface area (Å²) in [6, 6.07) is 13.0. The van der Waals surface area contributed by atoms with E-state index in [0.29, 0.717) is 11.3 Å². The normalized spacial score (nSPS) is 12.4. The van der Waals surface area contributed by atoms with E-state index < -0.39 is 28.6 Å². The highest BCUT2D eigenvalue weighted by atomic mass is 32.2. The van der Waals surface area contributed by atoms with Crippen LogP contribution in [-0.4, -0.2) is 39.9 Å². The number of methoxy groups -OCH3 is 1. The maximum Gasteiger partial charge on any atom is 0.324 e. The maximum atomic E-state index is 12.6. The Kier molecular flexibility index (Phi) is 7.31. The average Bonchev–Trinajstić information content (AvgIpc) is 2.70. The van der Waals surface area contributed by atoms with Gasteiger partial charge < -0.3 is 9.47 Å². The number of rotatable bonds is 9. The number of ketones is 1. The molecule has 0 aliphatic carbocycles. The van der Waals surface area contributed by atoms with Crippen LogP contribution in [0.4, 0.5) is 0 Å². The fraction of sp³-hybridized carbons (Fsp3) is 0.300. The van der Waals surface area contributed by atoms with E-state index in [-0.39, 0.29) is 16.6 Å². The van der Waals surface area contributed by atoms with Gasteiger partial charge in [0, 0.05) is 5.56 Å². The van der Waals surface area contributed by atoms with E-state index in [4.69, 9.17) is 9.47 Å². The molecule has 0 bridgehead atoms. The van der Waals surface area contributed by atoms with Crippen molar-refractivity contribution in [2.24, 2.45) is 5.92 Å². The second-order valence-electron chi connectivity index (χ2n) is 6.42. The van der Waals surface area contributed by atoms with Crippen LogP contribution in [0.5, 0.6) is 5.75 Å². The second-order valence-corrected chi connectivity index (χ2v) is 8.13. The van der Waals surface area contributed by atoms with Crippen LogP contribution >= 0.6 is 0 Å². The van der Waals surface area contributed by atoms with E-state index in [1.165, 1.54) is 31.4 Å². The van der Waals surface area contributed by atoms with E-state index >= 15 is 0 Å². The lowest BCUT2D eigenvalue weighted by atomic mass is 10.1.